The van der Waals surface area contributed by atoms with Crippen molar-refractivity contribution in [1.82, 2.24) is 20.3 Å². The van der Waals surface area contributed by atoms with Crippen molar-refractivity contribution in [3.05, 3.63) is 35.0 Å². The van der Waals surface area contributed by atoms with Crippen molar-refractivity contribution in [3.8, 4) is 11.3 Å². The van der Waals surface area contributed by atoms with Crippen molar-refractivity contribution in [2.45, 2.75) is 26.4 Å². The van der Waals surface area contributed by atoms with Crippen LogP contribution in [0, 0.1) is 0 Å². The minimum absolute atomic E-state index is 0.446. The second kappa shape index (κ2) is 5.50. The lowest BCUT2D eigenvalue weighted by Gasteiger charge is -2.10. The molecule has 0 fully saturated rings. The van der Waals surface area contributed by atoms with E-state index >= 15 is 0 Å². The highest BCUT2D eigenvalue weighted by Crippen LogP contribution is 2.24. The molecule has 2 aromatic rings. The van der Waals surface area contributed by atoms with Gasteiger partial charge in [-0.25, -0.2) is 4.68 Å². The fourth-order valence-corrected chi connectivity index (χ4v) is 1.96. The zero-order valence-electron chi connectivity index (χ0n) is 10.8. The molecule has 2 rings (SSSR count). The monoisotopic (exact) mass is 264 g/mol. The Bertz CT molecular complexity index is 534. The molecule has 0 aliphatic heterocycles. The molecule has 96 valence electrons. The molecule has 0 saturated carbocycles. The lowest BCUT2D eigenvalue weighted by Crippen LogP contribution is -2.21. The Kier molecular flexibility index (Phi) is 3.99. The van der Waals surface area contributed by atoms with E-state index in [1.165, 1.54) is 0 Å². The van der Waals surface area contributed by atoms with Crippen LogP contribution in [0.1, 0.15) is 19.4 Å². The summed E-state index contributed by atoms with van der Waals surface area (Å²) in [5.41, 5.74) is 3.09. The molecule has 0 bridgehead atoms. The first-order valence-electron chi connectivity index (χ1n) is 5.95. The second-order valence-electron chi connectivity index (χ2n) is 4.58. The molecule has 0 spiro atoms. The van der Waals surface area contributed by atoms with Crippen molar-refractivity contribution in [3.63, 3.8) is 0 Å². The van der Waals surface area contributed by atoms with Gasteiger partial charge in [-0.2, -0.15) is 0 Å². The Morgan fingerprint density at radius 2 is 2.17 bits per heavy atom. The van der Waals surface area contributed by atoms with Crippen LogP contribution < -0.4 is 5.32 Å². The molecule has 5 heteroatoms. The first-order valence-corrected chi connectivity index (χ1v) is 6.32. The van der Waals surface area contributed by atoms with Gasteiger partial charge in [0.2, 0.25) is 0 Å². The van der Waals surface area contributed by atoms with Crippen molar-refractivity contribution >= 4 is 11.6 Å². The molecule has 0 aliphatic carbocycles. The van der Waals surface area contributed by atoms with Crippen LogP contribution in [0.2, 0.25) is 5.02 Å². The van der Waals surface area contributed by atoms with Crippen LogP contribution in [0.15, 0.2) is 24.4 Å². The van der Waals surface area contributed by atoms with Gasteiger partial charge in [0, 0.05) is 30.2 Å². The van der Waals surface area contributed by atoms with E-state index in [4.69, 9.17) is 11.6 Å². The summed E-state index contributed by atoms with van der Waals surface area (Å²) in [6.45, 7) is 5.01. The van der Waals surface area contributed by atoms with Crippen LogP contribution in [0.3, 0.4) is 0 Å². The summed E-state index contributed by atoms with van der Waals surface area (Å²) in [5, 5.41) is 11.9. The Labute approximate surface area is 112 Å². The number of hydrogen-bond donors (Lipinski definition) is 1. The van der Waals surface area contributed by atoms with E-state index < -0.39 is 0 Å². The van der Waals surface area contributed by atoms with Gasteiger partial charge in [0.15, 0.2) is 0 Å². The molecule has 0 radical (unpaired) electrons. The Morgan fingerprint density at radius 1 is 1.39 bits per heavy atom. The minimum atomic E-state index is 0.446. The lowest BCUT2D eigenvalue weighted by molar-refractivity contribution is 0.589. The quantitative estimate of drug-likeness (QED) is 0.923. The van der Waals surface area contributed by atoms with Crippen LogP contribution in [-0.4, -0.2) is 21.0 Å². The van der Waals surface area contributed by atoms with E-state index in [1.54, 1.807) is 10.9 Å². The minimum Gasteiger partial charge on any atom is -0.310 e. The van der Waals surface area contributed by atoms with Crippen molar-refractivity contribution in [2.75, 3.05) is 0 Å². The van der Waals surface area contributed by atoms with E-state index in [1.807, 2.05) is 25.2 Å². The largest absolute Gasteiger partial charge is 0.310 e. The summed E-state index contributed by atoms with van der Waals surface area (Å²) in [5.74, 6) is 0. The molecular formula is C13H17ClN4. The third kappa shape index (κ3) is 2.89. The van der Waals surface area contributed by atoms with Crippen LogP contribution in [0.25, 0.3) is 11.3 Å². The van der Waals surface area contributed by atoms with Gasteiger partial charge in [0.05, 0.1) is 11.9 Å². The lowest BCUT2D eigenvalue weighted by atomic mass is 10.1. The average Bonchev–Trinajstić information content (AvgIpc) is 2.73. The van der Waals surface area contributed by atoms with Crippen LogP contribution in [0.5, 0.6) is 0 Å². The summed E-state index contributed by atoms with van der Waals surface area (Å²) in [7, 11) is 1.87. The summed E-state index contributed by atoms with van der Waals surface area (Å²) < 4.78 is 1.73. The second-order valence-corrected chi connectivity index (χ2v) is 4.99. The number of hydrogen-bond acceptors (Lipinski definition) is 3. The molecule has 0 unspecified atom stereocenters. The van der Waals surface area contributed by atoms with Crippen molar-refractivity contribution in [2.24, 2.45) is 7.05 Å². The normalized spacial score (nSPS) is 11.2. The van der Waals surface area contributed by atoms with Gasteiger partial charge in [0.1, 0.15) is 0 Å². The maximum absolute atomic E-state index is 6.29. The molecule has 1 aromatic carbocycles. The molecule has 0 saturated heterocycles. The Balaban J connectivity index is 2.22. The highest BCUT2D eigenvalue weighted by Gasteiger charge is 2.07. The Morgan fingerprint density at radius 3 is 2.72 bits per heavy atom. The van der Waals surface area contributed by atoms with E-state index in [9.17, 15) is 0 Å². The SMILES string of the molecule is CC(C)NCc1ccc(-c2cnnn2C)cc1Cl. The highest BCUT2D eigenvalue weighted by molar-refractivity contribution is 6.31. The van der Waals surface area contributed by atoms with E-state index in [0.717, 1.165) is 28.4 Å². The number of halogens is 1. The number of benzene rings is 1. The van der Waals surface area contributed by atoms with Crippen LogP contribution in [-0.2, 0) is 13.6 Å². The molecule has 0 atom stereocenters. The third-order valence-electron chi connectivity index (χ3n) is 2.76. The van der Waals surface area contributed by atoms with Gasteiger partial charge in [-0.3, -0.25) is 0 Å². The van der Waals surface area contributed by atoms with Gasteiger partial charge < -0.3 is 5.32 Å². The fourth-order valence-electron chi connectivity index (χ4n) is 1.72. The summed E-state index contributed by atoms with van der Waals surface area (Å²) in [4.78, 5) is 0. The molecule has 1 heterocycles. The number of aryl methyl sites for hydroxylation is 1. The predicted molar refractivity (Wildman–Crippen MR) is 73.4 cm³/mol. The maximum Gasteiger partial charge on any atom is 0.0882 e. The van der Waals surface area contributed by atoms with E-state index in [0.29, 0.717) is 6.04 Å². The maximum atomic E-state index is 6.29. The number of aromatic nitrogens is 3. The predicted octanol–water partition coefficient (Wildman–Crippen LogP) is 2.63. The van der Waals surface area contributed by atoms with Gasteiger partial charge >= 0.3 is 0 Å². The number of nitrogens with zero attached hydrogens (tertiary/aromatic N) is 3. The zero-order chi connectivity index (χ0) is 13.1. The fraction of sp³-hybridized carbons (Fsp3) is 0.385. The summed E-state index contributed by atoms with van der Waals surface area (Å²) in [6.07, 6.45) is 1.73. The molecule has 0 amide bonds. The molecule has 4 nitrogen and oxygen atoms in total. The van der Waals surface area contributed by atoms with Gasteiger partial charge in [-0.1, -0.05) is 42.8 Å². The van der Waals surface area contributed by atoms with E-state index in [2.05, 4.69) is 29.5 Å². The molecule has 0 aliphatic rings. The first kappa shape index (κ1) is 13.1. The van der Waals surface area contributed by atoms with Gasteiger partial charge in [-0.05, 0) is 11.6 Å². The molecule has 1 N–H and O–H groups in total. The summed E-state index contributed by atoms with van der Waals surface area (Å²) in [6, 6.07) is 6.49. The number of nitrogens with one attached hydrogen (secondary N) is 1. The number of rotatable bonds is 4. The Hall–Kier alpha value is -1.39. The van der Waals surface area contributed by atoms with E-state index in [-0.39, 0.29) is 0 Å². The van der Waals surface area contributed by atoms with Gasteiger partial charge in [-0.15, -0.1) is 5.10 Å². The van der Waals surface area contributed by atoms with Gasteiger partial charge in [0.25, 0.3) is 0 Å². The first-order chi connectivity index (χ1) is 8.58. The molecule has 1 aromatic heterocycles. The van der Waals surface area contributed by atoms with Crippen molar-refractivity contribution < 1.29 is 0 Å². The average molecular weight is 265 g/mol. The van der Waals surface area contributed by atoms with Crippen LogP contribution >= 0.6 is 11.6 Å². The highest BCUT2D eigenvalue weighted by atomic mass is 35.5. The summed E-state index contributed by atoms with van der Waals surface area (Å²) >= 11 is 6.29. The molecular weight excluding hydrogens is 248 g/mol. The topological polar surface area (TPSA) is 42.7 Å². The molecule has 18 heavy (non-hydrogen) atoms. The third-order valence-corrected chi connectivity index (χ3v) is 3.12. The zero-order valence-corrected chi connectivity index (χ0v) is 11.6. The van der Waals surface area contributed by atoms with Crippen LogP contribution in [0.4, 0.5) is 0 Å². The standard InChI is InChI=1S/C13H17ClN4/c1-9(2)15-7-11-5-4-10(6-12(11)14)13-8-16-17-18(13)3/h4-6,8-9,15H,7H2,1-3H3. The smallest absolute Gasteiger partial charge is 0.0882 e. The van der Waals surface area contributed by atoms with Crippen molar-refractivity contribution in [1.29, 1.82) is 0 Å².